The summed E-state index contributed by atoms with van der Waals surface area (Å²) in [4.78, 5) is 4.09. The molecule has 0 atom stereocenters. The molecule has 0 saturated heterocycles. The van der Waals surface area contributed by atoms with E-state index in [0.717, 1.165) is 11.3 Å². The van der Waals surface area contributed by atoms with Crippen LogP contribution >= 0.6 is 24.8 Å². The minimum Gasteiger partial charge on any atom is -0.399 e. The Labute approximate surface area is 108 Å². The van der Waals surface area contributed by atoms with Crippen LogP contribution in [-0.2, 0) is 0 Å². The van der Waals surface area contributed by atoms with Gasteiger partial charge in [0.25, 0.3) is 0 Å². The molecule has 0 aliphatic carbocycles. The zero-order valence-corrected chi connectivity index (χ0v) is 10.5. The highest BCUT2D eigenvalue weighted by molar-refractivity contribution is 5.85. The fourth-order valence-electron chi connectivity index (χ4n) is 1.53. The van der Waals surface area contributed by atoms with E-state index in [1.807, 2.05) is 36.5 Å². The summed E-state index contributed by atoms with van der Waals surface area (Å²) in [5.74, 6) is 0. The average molecular weight is 257 g/mol. The molecule has 2 N–H and O–H groups in total. The van der Waals surface area contributed by atoms with E-state index in [2.05, 4.69) is 11.9 Å². The van der Waals surface area contributed by atoms with Gasteiger partial charge in [0.15, 0.2) is 0 Å². The van der Waals surface area contributed by atoms with Gasteiger partial charge in [-0.1, -0.05) is 12.1 Å². The minimum atomic E-state index is 0. The van der Waals surface area contributed by atoms with Crippen molar-refractivity contribution in [2.24, 2.45) is 0 Å². The van der Waals surface area contributed by atoms with Gasteiger partial charge >= 0.3 is 0 Å². The number of hydrogen-bond acceptors (Lipinski definition) is 2. The molecule has 1 heterocycles. The van der Waals surface area contributed by atoms with Crippen LogP contribution in [0.2, 0.25) is 0 Å². The molecular formula is C12H14Cl2N2. The molecule has 2 nitrogen and oxygen atoms in total. The van der Waals surface area contributed by atoms with Crippen LogP contribution in [0.3, 0.4) is 0 Å². The molecule has 0 aliphatic heterocycles. The molecular weight excluding hydrogens is 243 g/mol. The van der Waals surface area contributed by atoms with Gasteiger partial charge in [0.1, 0.15) is 0 Å². The maximum absolute atomic E-state index is 5.69. The van der Waals surface area contributed by atoms with E-state index in [-0.39, 0.29) is 24.8 Å². The predicted octanol–water partition coefficient (Wildman–Crippen LogP) is 3.48. The van der Waals surface area contributed by atoms with Crippen molar-refractivity contribution in [2.75, 3.05) is 5.73 Å². The molecule has 1 aromatic carbocycles. The van der Waals surface area contributed by atoms with Crippen LogP contribution in [0.4, 0.5) is 5.69 Å². The molecule has 0 saturated carbocycles. The van der Waals surface area contributed by atoms with E-state index in [0.29, 0.717) is 0 Å². The molecule has 16 heavy (non-hydrogen) atoms. The lowest BCUT2D eigenvalue weighted by atomic mass is 10.0. The van der Waals surface area contributed by atoms with E-state index in [4.69, 9.17) is 5.73 Å². The summed E-state index contributed by atoms with van der Waals surface area (Å²) in [5, 5.41) is 0. The van der Waals surface area contributed by atoms with Gasteiger partial charge in [-0.15, -0.1) is 24.8 Å². The van der Waals surface area contributed by atoms with E-state index < -0.39 is 0 Å². The number of pyridine rings is 1. The summed E-state index contributed by atoms with van der Waals surface area (Å²) in [6.07, 6.45) is 3.63. The molecule has 4 heteroatoms. The fourth-order valence-corrected chi connectivity index (χ4v) is 1.53. The van der Waals surface area contributed by atoms with Gasteiger partial charge in [-0.05, 0) is 36.2 Å². The molecule has 0 radical (unpaired) electrons. The largest absolute Gasteiger partial charge is 0.399 e. The van der Waals surface area contributed by atoms with Crippen LogP contribution in [0.15, 0.2) is 42.7 Å². The quantitative estimate of drug-likeness (QED) is 0.794. The zero-order valence-electron chi connectivity index (χ0n) is 8.88. The van der Waals surface area contributed by atoms with Gasteiger partial charge in [-0.2, -0.15) is 0 Å². The number of halogens is 2. The highest BCUT2D eigenvalue weighted by Gasteiger charge is 2.00. The summed E-state index contributed by atoms with van der Waals surface area (Å²) in [6.45, 7) is 2.05. The van der Waals surface area contributed by atoms with E-state index >= 15 is 0 Å². The highest BCUT2D eigenvalue weighted by Crippen LogP contribution is 2.23. The van der Waals surface area contributed by atoms with Crippen molar-refractivity contribution in [2.45, 2.75) is 6.92 Å². The molecule has 0 aliphatic rings. The minimum absolute atomic E-state index is 0. The Morgan fingerprint density at radius 1 is 1.12 bits per heavy atom. The third-order valence-electron chi connectivity index (χ3n) is 2.22. The summed E-state index contributed by atoms with van der Waals surface area (Å²) in [5.41, 5.74) is 9.99. The Kier molecular flexibility index (Phi) is 5.86. The monoisotopic (exact) mass is 256 g/mol. The molecule has 86 valence electrons. The van der Waals surface area contributed by atoms with Gasteiger partial charge in [-0.3, -0.25) is 4.98 Å². The molecule has 0 spiro atoms. The first-order chi connectivity index (χ1) is 6.77. The van der Waals surface area contributed by atoms with Crippen molar-refractivity contribution in [3.05, 3.63) is 48.3 Å². The standard InChI is InChI=1S/C12H12N2.2ClH/c1-9-7-11(13)4-5-12(9)10-3-2-6-14-8-10;;/h2-8H,13H2,1H3;2*1H. The lowest BCUT2D eigenvalue weighted by Gasteiger charge is -2.05. The Morgan fingerprint density at radius 2 is 1.88 bits per heavy atom. The summed E-state index contributed by atoms with van der Waals surface area (Å²) in [6, 6.07) is 9.90. The predicted molar refractivity (Wildman–Crippen MR) is 73.3 cm³/mol. The zero-order chi connectivity index (χ0) is 9.97. The van der Waals surface area contributed by atoms with Gasteiger partial charge in [-0.25, -0.2) is 0 Å². The maximum Gasteiger partial charge on any atom is 0.0346 e. The van der Waals surface area contributed by atoms with Gasteiger partial charge in [0.2, 0.25) is 0 Å². The summed E-state index contributed by atoms with van der Waals surface area (Å²) in [7, 11) is 0. The second-order valence-electron chi connectivity index (χ2n) is 3.32. The molecule has 1 aromatic heterocycles. The van der Waals surface area contributed by atoms with Crippen molar-refractivity contribution >= 4 is 30.5 Å². The van der Waals surface area contributed by atoms with Crippen LogP contribution < -0.4 is 5.73 Å². The Hall–Kier alpha value is -1.25. The van der Waals surface area contributed by atoms with Crippen molar-refractivity contribution in [1.29, 1.82) is 0 Å². The van der Waals surface area contributed by atoms with Gasteiger partial charge < -0.3 is 5.73 Å². The molecule has 0 amide bonds. The van der Waals surface area contributed by atoms with E-state index in [1.165, 1.54) is 11.1 Å². The second-order valence-corrected chi connectivity index (χ2v) is 3.32. The third kappa shape index (κ3) is 3.12. The van der Waals surface area contributed by atoms with Crippen LogP contribution in [0.25, 0.3) is 11.1 Å². The van der Waals surface area contributed by atoms with Crippen molar-refractivity contribution < 1.29 is 0 Å². The van der Waals surface area contributed by atoms with Crippen LogP contribution in [-0.4, -0.2) is 4.98 Å². The molecule has 0 bridgehead atoms. The average Bonchev–Trinajstić information content (AvgIpc) is 2.19. The SMILES string of the molecule is Cc1cc(N)ccc1-c1cccnc1.Cl.Cl. The molecule has 0 fully saturated rings. The maximum atomic E-state index is 5.69. The van der Waals surface area contributed by atoms with Crippen LogP contribution in [0.5, 0.6) is 0 Å². The molecule has 2 aromatic rings. The number of aryl methyl sites for hydroxylation is 1. The summed E-state index contributed by atoms with van der Waals surface area (Å²) >= 11 is 0. The topological polar surface area (TPSA) is 38.9 Å². The number of benzene rings is 1. The number of nitrogens with two attached hydrogens (primary N) is 1. The third-order valence-corrected chi connectivity index (χ3v) is 2.22. The van der Waals surface area contributed by atoms with E-state index in [1.54, 1.807) is 6.20 Å². The van der Waals surface area contributed by atoms with E-state index in [9.17, 15) is 0 Å². The van der Waals surface area contributed by atoms with Crippen molar-refractivity contribution in [3.63, 3.8) is 0 Å². The lowest BCUT2D eigenvalue weighted by Crippen LogP contribution is -1.88. The Balaban J connectivity index is 0.00000112. The first kappa shape index (κ1) is 14.8. The first-order valence-electron chi connectivity index (χ1n) is 4.54. The number of nitrogen functional groups attached to an aromatic ring is 1. The summed E-state index contributed by atoms with van der Waals surface area (Å²) < 4.78 is 0. The van der Waals surface area contributed by atoms with Crippen molar-refractivity contribution in [1.82, 2.24) is 4.98 Å². The van der Waals surface area contributed by atoms with Crippen molar-refractivity contribution in [3.8, 4) is 11.1 Å². The molecule has 2 rings (SSSR count). The number of nitrogens with zero attached hydrogens (tertiary/aromatic N) is 1. The normalized spacial score (nSPS) is 8.81. The second kappa shape index (κ2) is 6.36. The van der Waals surface area contributed by atoms with Crippen LogP contribution in [0, 0.1) is 6.92 Å². The smallest absolute Gasteiger partial charge is 0.0346 e. The van der Waals surface area contributed by atoms with Gasteiger partial charge in [0, 0.05) is 23.6 Å². The number of rotatable bonds is 1. The van der Waals surface area contributed by atoms with Crippen LogP contribution in [0.1, 0.15) is 5.56 Å². The first-order valence-corrected chi connectivity index (χ1v) is 4.54. The number of anilines is 1. The number of hydrogen-bond donors (Lipinski definition) is 1. The number of aromatic nitrogens is 1. The fraction of sp³-hybridized carbons (Fsp3) is 0.0833. The lowest BCUT2D eigenvalue weighted by molar-refractivity contribution is 1.32. The Morgan fingerprint density at radius 3 is 2.44 bits per heavy atom. The highest BCUT2D eigenvalue weighted by atomic mass is 35.5. The Bertz CT molecular complexity index is 444. The molecule has 0 unspecified atom stereocenters. The van der Waals surface area contributed by atoms with Gasteiger partial charge in [0.05, 0.1) is 0 Å².